The number of ether oxygens (including phenoxy) is 4. The fourth-order valence-corrected chi connectivity index (χ4v) is 3.19. The van der Waals surface area contributed by atoms with Crippen LogP contribution in [0.2, 0.25) is 0 Å². The topological polar surface area (TPSA) is 91.8 Å². The van der Waals surface area contributed by atoms with Crippen molar-refractivity contribution in [2.75, 3.05) is 21.3 Å². The summed E-state index contributed by atoms with van der Waals surface area (Å²) in [5.74, 6) is 1.91. The summed E-state index contributed by atoms with van der Waals surface area (Å²) in [5.41, 5.74) is 0.515. The van der Waals surface area contributed by atoms with E-state index >= 15 is 0 Å². The molecule has 1 saturated carbocycles. The zero-order chi connectivity index (χ0) is 19.9. The van der Waals surface area contributed by atoms with Crippen molar-refractivity contribution in [1.82, 2.24) is 15.3 Å². The van der Waals surface area contributed by atoms with E-state index < -0.39 is 0 Å². The molecule has 0 atom stereocenters. The highest BCUT2D eigenvalue weighted by atomic mass is 16.5. The SMILES string of the molecule is COc1cc(OC)cc(C(=O)NC2CCC(Oc3cncc(OC)n3)CC2)c1. The van der Waals surface area contributed by atoms with Crippen molar-refractivity contribution in [2.24, 2.45) is 0 Å². The highest BCUT2D eigenvalue weighted by molar-refractivity contribution is 5.95. The van der Waals surface area contributed by atoms with Crippen LogP contribution in [-0.4, -0.2) is 49.4 Å². The quantitative estimate of drug-likeness (QED) is 0.781. The molecule has 1 aliphatic carbocycles. The van der Waals surface area contributed by atoms with Gasteiger partial charge in [0.1, 0.15) is 17.6 Å². The summed E-state index contributed by atoms with van der Waals surface area (Å²) in [6.07, 6.45) is 6.46. The van der Waals surface area contributed by atoms with Crippen LogP contribution < -0.4 is 24.3 Å². The number of aromatic nitrogens is 2. The number of carbonyl (C=O) groups excluding carboxylic acids is 1. The second-order valence-electron chi connectivity index (χ2n) is 6.57. The fraction of sp³-hybridized carbons (Fsp3) is 0.450. The minimum absolute atomic E-state index is 0.0477. The molecular weight excluding hydrogens is 362 g/mol. The second-order valence-corrected chi connectivity index (χ2v) is 6.57. The molecule has 1 heterocycles. The Labute approximate surface area is 164 Å². The molecule has 0 spiro atoms. The van der Waals surface area contributed by atoms with Gasteiger partial charge in [-0.1, -0.05) is 0 Å². The molecule has 3 rings (SSSR count). The molecule has 0 aliphatic heterocycles. The first-order valence-electron chi connectivity index (χ1n) is 9.18. The maximum Gasteiger partial charge on any atom is 0.251 e. The average Bonchev–Trinajstić information content (AvgIpc) is 2.74. The molecule has 0 bridgehead atoms. The monoisotopic (exact) mass is 387 g/mol. The molecule has 0 saturated heterocycles. The Hall–Kier alpha value is -3.03. The molecule has 28 heavy (non-hydrogen) atoms. The minimum atomic E-state index is -0.139. The summed E-state index contributed by atoms with van der Waals surface area (Å²) in [4.78, 5) is 20.9. The van der Waals surface area contributed by atoms with E-state index in [1.165, 1.54) is 6.20 Å². The maximum atomic E-state index is 12.6. The Morgan fingerprint density at radius 1 is 0.929 bits per heavy atom. The zero-order valence-corrected chi connectivity index (χ0v) is 16.3. The number of nitrogens with one attached hydrogen (secondary N) is 1. The number of rotatable bonds is 7. The highest BCUT2D eigenvalue weighted by Crippen LogP contribution is 2.25. The van der Waals surface area contributed by atoms with Crippen LogP contribution in [0.1, 0.15) is 36.0 Å². The molecule has 150 valence electrons. The van der Waals surface area contributed by atoms with Gasteiger partial charge in [0.15, 0.2) is 0 Å². The van der Waals surface area contributed by atoms with Crippen molar-refractivity contribution in [3.05, 3.63) is 36.2 Å². The van der Waals surface area contributed by atoms with Crippen molar-refractivity contribution in [3.8, 4) is 23.3 Å². The first kappa shape index (κ1) is 19.7. The third kappa shape index (κ3) is 5.03. The zero-order valence-electron chi connectivity index (χ0n) is 16.3. The molecule has 2 aromatic rings. The van der Waals surface area contributed by atoms with Gasteiger partial charge >= 0.3 is 0 Å². The summed E-state index contributed by atoms with van der Waals surface area (Å²) < 4.78 is 21.4. The largest absolute Gasteiger partial charge is 0.497 e. The molecule has 1 N–H and O–H groups in total. The van der Waals surface area contributed by atoms with Gasteiger partial charge in [-0.2, -0.15) is 4.98 Å². The van der Waals surface area contributed by atoms with Gasteiger partial charge in [-0.15, -0.1) is 0 Å². The molecule has 0 unspecified atom stereocenters. The van der Waals surface area contributed by atoms with E-state index in [9.17, 15) is 4.79 Å². The molecule has 0 radical (unpaired) electrons. The summed E-state index contributed by atoms with van der Waals surface area (Å²) in [7, 11) is 4.66. The normalized spacial score (nSPS) is 18.8. The molecule has 1 aromatic heterocycles. The Balaban J connectivity index is 1.53. The Bertz CT molecular complexity index is 784. The van der Waals surface area contributed by atoms with Gasteiger partial charge in [0, 0.05) is 17.7 Å². The van der Waals surface area contributed by atoms with Gasteiger partial charge in [-0.05, 0) is 37.8 Å². The lowest BCUT2D eigenvalue weighted by molar-refractivity contribution is 0.0888. The van der Waals surface area contributed by atoms with Crippen LogP contribution in [0, 0.1) is 0 Å². The Morgan fingerprint density at radius 3 is 2.18 bits per heavy atom. The van der Waals surface area contributed by atoms with E-state index in [-0.39, 0.29) is 18.1 Å². The van der Waals surface area contributed by atoms with Crippen LogP contribution >= 0.6 is 0 Å². The van der Waals surface area contributed by atoms with Crippen molar-refractivity contribution in [2.45, 2.75) is 37.8 Å². The predicted molar refractivity (Wildman–Crippen MR) is 102 cm³/mol. The van der Waals surface area contributed by atoms with Crippen molar-refractivity contribution >= 4 is 5.91 Å². The first-order valence-corrected chi connectivity index (χ1v) is 9.18. The first-order chi connectivity index (χ1) is 13.6. The molecule has 1 amide bonds. The predicted octanol–water partition coefficient (Wildman–Crippen LogP) is 2.62. The highest BCUT2D eigenvalue weighted by Gasteiger charge is 2.24. The van der Waals surface area contributed by atoms with Gasteiger partial charge in [-0.25, -0.2) is 0 Å². The third-order valence-corrected chi connectivity index (χ3v) is 4.71. The van der Waals surface area contributed by atoms with Crippen LogP contribution in [0.25, 0.3) is 0 Å². The van der Waals surface area contributed by atoms with Crippen molar-refractivity contribution in [1.29, 1.82) is 0 Å². The average molecular weight is 387 g/mol. The van der Waals surface area contributed by atoms with E-state index in [0.29, 0.717) is 28.8 Å². The lowest BCUT2D eigenvalue weighted by Crippen LogP contribution is -2.39. The van der Waals surface area contributed by atoms with E-state index in [0.717, 1.165) is 25.7 Å². The van der Waals surface area contributed by atoms with Crippen molar-refractivity contribution < 1.29 is 23.7 Å². The lowest BCUT2D eigenvalue weighted by Gasteiger charge is -2.29. The number of carbonyl (C=O) groups is 1. The molecular formula is C20H25N3O5. The number of benzene rings is 1. The molecule has 1 fully saturated rings. The third-order valence-electron chi connectivity index (χ3n) is 4.71. The Kier molecular flexibility index (Phi) is 6.52. The van der Waals surface area contributed by atoms with Gasteiger partial charge in [0.05, 0.1) is 33.7 Å². The summed E-state index contributed by atoms with van der Waals surface area (Å²) in [6, 6.07) is 5.24. The standard InChI is InChI=1S/C20H25N3O5/c1-25-16-8-13(9-17(10-16)26-2)20(24)22-14-4-6-15(7-5-14)28-19-12-21-11-18(23-19)27-3/h8-12,14-15H,4-7H2,1-3H3,(H,22,24). The fourth-order valence-electron chi connectivity index (χ4n) is 3.19. The number of hydrogen-bond acceptors (Lipinski definition) is 7. The second kappa shape index (κ2) is 9.25. The van der Waals surface area contributed by atoms with Gasteiger partial charge in [0.2, 0.25) is 11.8 Å². The smallest absolute Gasteiger partial charge is 0.251 e. The van der Waals surface area contributed by atoms with Gasteiger partial charge in [-0.3, -0.25) is 9.78 Å². The Morgan fingerprint density at radius 2 is 1.57 bits per heavy atom. The number of hydrogen-bond donors (Lipinski definition) is 1. The minimum Gasteiger partial charge on any atom is -0.497 e. The van der Waals surface area contributed by atoms with Crippen LogP contribution in [0.5, 0.6) is 23.3 Å². The van der Waals surface area contributed by atoms with E-state index in [4.69, 9.17) is 18.9 Å². The maximum absolute atomic E-state index is 12.6. The van der Waals surface area contributed by atoms with Crippen LogP contribution in [0.3, 0.4) is 0 Å². The summed E-state index contributed by atoms with van der Waals surface area (Å²) in [6.45, 7) is 0. The summed E-state index contributed by atoms with van der Waals surface area (Å²) in [5, 5.41) is 3.09. The van der Waals surface area contributed by atoms with Crippen LogP contribution in [-0.2, 0) is 0 Å². The van der Waals surface area contributed by atoms with Crippen molar-refractivity contribution in [3.63, 3.8) is 0 Å². The number of nitrogens with zero attached hydrogens (tertiary/aromatic N) is 2. The summed E-state index contributed by atoms with van der Waals surface area (Å²) >= 11 is 0. The molecule has 1 aliphatic rings. The van der Waals surface area contributed by atoms with E-state index in [1.54, 1.807) is 45.7 Å². The van der Waals surface area contributed by atoms with Gasteiger partial charge in [0.25, 0.3) is 5.91 Å². The van der Waals surface area contributed by atoms with Gasteiger partial charge < -0.3 is 24.3 Å². The molecule has 8 heteroatoms. The van der Waals surface area contributed by atoms with E-state index in [2.05, 4.69) is 15.3 Å². The number of methoxy groups -OCH3 is 3. The molecule has 1 aromatic carbocycles. The number of amides is 1. The molecule has 8 nitrogen and oxygen atoms in total. The lowest BCUT2D eigenvalue weighted by atomic mass is 9.92. The van der Waals surface area contributed by atoms with Crippen LogP contribution in [0.4, 0.5) is 0 Å². The van der Waals surface area contributed by atoms with E-state index in [1.807, 2.05) is 0 Å². The van der Waals surface area contributed by atoms with Crippen LogP contribution in [0.15, 0.2) is 30.6 Å².